The number of carboxylic acid groups (broad SMARTS) is 1. The summed E-state index contributed by atoms with van der Waals surface area (Å²) in [6, 6.07) is 8.71. The van der Waals surface area contributed by atoms with E-state index in [1.165, 1.54) is 6.07 Å². The molecule has 2 aromatic carbocycles. The summed E-state index contributed by atoms with van der Waals surface area (Å²) in [5.74, 6) is -1.05. The molecule has 2 aromatic rings. The summed E-state index contributed by atoms with van der Waals surface area (Å²) in [6.45, 7) is 2.17. The number of carbonyl (C=O) groups is 3. The lowest BCUT2D eigenvalue weighted by atomic mass is 9.97. The van der Waals surface area contributed by atoms with Crippen molar-refractivity contribution in [3.05, 3.63) is 58.1 Å². The van der Waals surface area contributed by atoms with Crippen molar-refractivity contribution >= 4 is 41.0 Å². The van der Waals surface area contributed by atoms with Crippen LogP contribution in [0.5, 0.6) is 5.75 Å². The van der Waals surface area contributed by atoms with Crippen molar-refractivity contribution in [3.8, 4) is 5.75 Å². The molecule has 1 fully saturated rings. The van der Waals surface area contributed by atoms with Crippen LogP contribution < -0.4 is 21.1 Å². The van der Waals surface area contributed by atoms with Crippen molar-refractivity contribution in [1.29, 1.82) is 0 Å². The zero-order chi connectivity index (χ0) is 28.7. The fourth-order valence-electron chi connectivity index (χ4n) is 4.47. The number of imide groups is 1. The maximum atomic E-state index is 13.8. The summed E-state index contributed by atoms with van der Waals surface area (Å²) < 4.78 is 5.46. The molecular formula is C27H35ClN6O5. The number of carboxylic acids is 1. The van der Waals surface area contributed by atoms with Gasteiger partial charge in [0.15, 0.2) is 0 Å². The van der Waals surface area contributed by atoms with Crippen molar-refractivity contribution in [2.45, 2.75) is 32.2 Å². The number of anilines is 1. The monoisotopic (exact) mass is 558 g/mol. The third-order valence-corrected chi connectivity index (χ3v) is 6.57. The van der Waals surface area contributed by atoms with Crippen LogP contribution in [0.15, 0.2) is 41.5 Å². The summed E-state index contributed by atoms with van der Waals surface area (Å²) >= 11 is 6.21. The Morgan fingerprint density at radius 3 is 2.67 bits per heavy atom. The summed E-state index contributed by atoms with van der Waals surface area (Å²) in [5.41, 5.74) is 7.43. The fraction of sp³-hybridized carbons (Fsp3) is 0.407. The van der Waals surface area contributed by atoms with Gasteiger partial charge < -0.3 is 31.2 Å². The molecule has 1 saturated heterocycles. The third-order valence-electron chi connectivity index (χ3n) is 6.33. The summed E-state index contributed by atoms with van der Waals surface area (Å²) in [4.78, 5) is 39.9. The number of methoxy groups -OCH3 is 1. The third kappa shape index (κ3) is 7.53. The summed E-state index contributed by atoms with van der Waals surface area (Å²) in [5, 5.41) is 22.0. The number of amidine groups is 1. The number of nitrogens with two attached hydrogens (primary N) is 1. The number of amides is 3. The molecule has 0 radical (unpaired) electrons. The fourth-order valence-corrected chi connectivity index (χ4v) is 4.67. The number of rotatable bonds is 9. The Balaban J connectivity index is 1.91. The summed E-state index contributed by atoms with van der Waals surface area (Å²) in [7, 11) is 5.05. The van der Waals surface area contributed by atoms with Gasteiger partial charge in [0.25, 0.3) is 0 Å². The van der Waals surface area contributed by atoms with Crippen molar-refractivity contribution in [2.24, 2.45) is 11.0 Å². The average molecular weight is 559 g/mol. The molecule has 0 aliphatic carbocycles. The second-order valence-electron chi connectivity index (χ2n) is 9.50. The Hall–Kier alpha value is -3.99. The normalized spacial score (nSPS) is 17.3. The first-order valence-electron chi connectivity index (χ1n) is 12.6. The van der Waals surface area contributed by atoms with Gasteiger partial charge in [0.1, 0.15) is 11.6 Å². The SMILES string of the molecule is CCCC(NC(=O)N1C/C(=N/N(C)C)NCC(Cc2cc(Cl)ccc2OC)C1=O)c1ccc(C(=O)O)c(N)c1. The Morgan fingerprint density at radius 1 is 1.31 bits per heavy atom. The zero-order valence-corrected chi connectivity index (χ0v) is 23.3. The van der Waals surface area contributed by atoms with Gasteiger partial charge in [0.05, 0.1) is 31.2 Å². The highest BCUT2D eigenvalue weighted by Crippen LogP contribution is 2.27. The quantitative estimate of drug-likeness (QED) is 0.270. The lowest BCUT2D eigenvalue weighted by Crippen LogP contribution is -2.48. The number of benzene rings is 2. The molecule has 0 aromatic heterocycles. The second-order valence-corrected chi connectivity index (χ2v) is 9.94. The maximum absolute atomic E-state index is 13.8. The number of hydrazone groups is 1. The van der Waals surface area contributed by atoms with Gasteiger partial charge in [-0.3, -0.25) is 9.69 Å². The molecule has 3 amide bonds. The van der Waals surface area contributed by atoms with Crippen LogP contribution in [0.2, 0.25) is 5.02 Å². The van der Waals surface area contributed by atoms with Crippen molar-refractivity contribution in [1.82, 2.24) is 20.5 Å². The molecule has 11 nitrogen and oxygen atoms in total. The van der Waals surface area contributed by atoms with Crippen LogP contribution in [0.4, 0.5) is 10.5 Å². The second kappa shape index (κ2) is 13.2. The number of hydrogen-bond acceptors (Lipinski definition) is 7. The van der Waals surface area contributed by atoms with E-state index in [-0.39, 0.29) is 30.2 Å². The van der Waals surface area contributed by atoms with Crippen molar-refractivity contribution in [2.75, 3.05) is 40.0 Å². The average Bonchev–Trinajstić information content (AvgIpc) is 3.02. The van der Waals surface area contributed by atoms with Gasteiger partial charge in [-0.25, -0.2) is 9.59 Å². The van der Waals surface area contributed by atoms with E-state index in [0.29, 0.717) is 35.0 Å². The highest BCUT2D eigenvalue weighted by atomic mass is 35.5. The number of aromatic carboxylic acids is 1. The highest BCUT2D eigenvalue weighted by molar-refractivity contribution is 6.30. The molecule has 5 N–H and O–H groups in total. The van der Waals surface area contributed by atoms with E-state index < -0.39 is 24.0 Å². The molecule has 0 spiro atoms. The Labute approximate surface area is 232 Å². The number of nitrogens with one attached hydrogen (secondary N) is 2. The first kappa shape index (κ1) is 29.6. The molecular weight excluding hydrogens is 524 g/mol. The largest absolute Gasteiger partial charge is 0.496 e. The van der Waals surface area contributed by atoms with E-state index in [4.69, 9.17) is 22.1 Å². The van der Waals surface area contributed by atoms with Crippen LogP contribution in [0.3, 0.4) is 0 Å². The number of halogens is 1. The van der Waals surface area contributed by atoms with Crippen LogP contribution in [0, 0.1) is 5.92 Å². The standard InChI is InChI=1S/C27H35ClN6O5/c1-5-6-22(16-7-9-20(26(36)37)21(29)13-16)31-27(38)34-15-24(32-33(2)3)30-14-18(25(34)35)11-17-12-19(28)8-10-23(17)39-4/h7-10,12-13,18,22H,5-6,11,14-15,29H2,1-4H3,(H,30,32)(H,31,38)(H,36,37). The van der Waals surface area contributed by atoms with Gasteiger partial charge >= 0.3 is 12.0 Å². The summed E-state index contributed by atoms with van der Waals surface area (Å²) in [6.07, 6.45) is 1.57. The molecule has 0 saturated carbocycles. The topological polar surface area (TPSA) is 150 Å². The maximum Gasteiger partial charge on any atom is 0.337 e. The molecule has 0 bridgehead atoms. The number of nitrogens with zero attached hydrogens (tertiary/aromatic N) is 3. The van der Waals surface area contributed by atoms with Crippen molar-refractivity contribution < 1.29 is 24.2 Å². The van der Waals surface area contributed by atoms with Gasteiger partial charge in [-0.2, -0.15) is 5.10 Å². The Kier molecular flexibility index (Phi) is 10.00. The van der Waals surface area contributed by atoms with E-state index in [2.05, 4.69) is 15.7 Å². The highest BCUT2D eigenvalue weighted by Gasteiger charge is 2.35. The van der Waals surface area contributed by atoms with Gasteiger partial charge in [-0.15, -0.1) is 0 Å². The lowest BCUT2D eigenvalue weighted by molar-refractivity contribution is -0.131. The van der Waals surface area contributed by atoms with Crippen LogP contribution in [-0.2, 0) is 11.2 Å². The minimum absolute atomic E-state index is 0.0158. The molecule has 2 atom stereocenters. The smallest absolute Gasteiger partial charge is 0.337 e. The lowest BCUT2D eigenvalue weighted by Gasteiger charge is -2.26. The predicted octanol–water partition coefficient (Wildman–Crippen LogP) is 3.35. The molecule has 1 heterocycles. The van der Waals surface area contributed by atoms with Crippen LogP contribution in [0.1, 0.15) is 47.3 Å². The van der Waals surface area contributed by atoms with E-state index in [0.717, 1.165) is 16.9 Å². The molecule has 3 rings (SSSR count). The number of nitrogen functional groups attached to an aromatic ring is 1. The Bertz CT molecular complexity index is 1250. The molecule has 12 heteroatoms. The molecule has 210 valence electrons. The van der Waals surface area contributed by atoms with Gasteiger partial charge in [-0.05, 0) is 54.3 Å². The molecule has 2 unspecified atom stereocenters. The van der Waals surface area contributed by atoms with Gasteiger partial charge in [-0.1, -0.05) is 31.0 Å². The van der Waals surface area contributed by atoms with Crippen LogP contribution in [0.25, 0.3) is 0 Å². The Morgan fingerprint density at radius 2 is 2.05 bits per heavy atom. The first-order chi connectivity index (χ1) is 18.5. The molecule has 1 aliphatic rings. The van der Waals surface area contributed by atoms with Crippen LogP contribution in [-0.4, -0.2) is 73.1 Å². The first-order valence-corrected chi connectivity index (χ1v) is 13.0. The van der Waals surface area contributed by atoms with E-state index in [1.54, 1.807) is 56.5 Å². The number of carbonyl (C=O) groups excluding carboxylic acids is 2. The number of hydrogen-bond donors (Lipinski definition) is 4. The minimum Gasteiger partial charge on any atom is -0.496 e. The minimum atomic E-state index is -1.13. The number of urea groups is 1. The molecule has 39 heavy (non-hydrogen) atoms. The van der Waals surface area contributed by atoms with Crippen LogP contribution >= 0.6 is 11.6 Å². The van der Waals surface area contributed by atoms with Gasteiger partial charge in [0.2, 0.25) is 5.91 Å². The zero-order valence-electron chi connectivity index (χ0n) is 22.5. The van der Waals surface area contributed by atoms with E-state index in [9.17, 15) is 19.5 Å². The van der Waals surface area contributed by atoms with Gasteiger partial charge in [0, 0.05) is 31.4 Å². The number of ether oxygens (including phenoxy) is 1. The molecule has 1 aliphatic heterocycles. The van der Waals surface area contributed by atoms with Crippen molar-refractivity contribution in [3.63, 3.8) is 0 Å². The van der Waals surface area contributed by atoms with E-state index in [1.807, 2.05) is 6.92 Å². The predicted molar refractivity (Wildman–Crippen MR) is 150 cm³/mol. The van der Waals surface area contributed by atoms with E-state index >= 15 is 0 Å².